The van der Waals surface area contributed by atoms with Crippen LogP contribution in [0.5, 0.6) is 0 Å². The third kappa shape index (κ3) is 1.60. The molecule has 1 fully saturated rings. The summed E-state index contributed by atoms with van der Waals surface area (Å²) in [4.78, 5) is 8.35. The van der Waals surface area contributed by atoms with Crippen LogP contribution < -0.4 is 0 Å². The van der Waals surface area contributed by atoms with Crippen molar-refractivity contribution < 1.29 is 33.8 Å². The smallest absolute Gasteiger partial charge is 0.393 e. The summed E-state index contributed by atoms with van der Waals surface area (Å²) in [6.07, 6.45) is -1.75. The minimum Gasteiger partial charge on any atom is -0.393 e. The Bertz CT molecular complexity index is 192. The molecule has 0 saturated carbocycles. The molecule has 0 bridgehead atoms. The maximum atomic E-state index is 10.3. The second kappa shape index (κ2) is 2.49. The Morgan fingerprint density at radius 2 is 2.00 bits per heavy atom. The van der Waals surface area contributed by atoms with Gasteiger partial charge in [-0.1, -0.05) is 0 Å². The maximum absolute atomic E-state index is 10.3. The van der Waals surface area contributed by atoms with E-state index in [4.69, 9.17) is 20.2 Å². The van der Waals surface area contributed by atoms with Crippen LogP contribution in [0.4, 0.5) is 0 Å². The molecule has 1 unspecified atom stereocenters. The van der Waals surface area contributed by atoms with Gasteiger partial charge in [-0.3, -0.25) is 0 Å². The zero-order valence-electron chi connectivity index (χ0n) is 5.25. The van der Waals surface area contributed by atoms with Crippen molar-refractivity contribution in [3.05, 3.63) is 0 Å². The Labute approximate surface area is 61.4 Å². The number of aliphatic hydroxyl groups is 3. The lowest BCUT2D eigenvalue weighted by Gasteiger charge is -2.40. The van der Waals surface area contributed by atoms with Gasteiger partial charge in [-0.25, -0.2) is 13.6 Å². The summed E-state index contributed by atoms with van der Waals surface area (Å²) in [6.45, 7) is -0.837. The van der Waals surface area contributed by atoms with Gasteiger partial charge in [-0.15, -0.1) is 0 Å². The monoisotopic (exact) mass is 186 g/mol. The summed E-state index contributed by atoms with van der Waals surface area (Å²) < 4.78 is 18.1. The van der Waals surface area contributed by atoms with E-state index in [1.54, 1.807) is 0 Å². The highest BCUT2D eigenvalue weighted by molar-refractivity contribution is 7.48. The van der Waals surface area contributed by atoms with Crippen molar-refractivity contribution in [2.24, 2.45) is 0 Å². The van der Waals surface area contributed by atoms with Crippen LogP contribution in [0.3, 0.4) is 0 Å². The maximum Gasteiger partial charge on any atom is 0.481 e. The lowest BCUT2D eigenvalue weighted by Crippen LogP contribution is -2.54. The summed E-state index contributed by atoms with van der Waals surface area (Å²) in [5.74, 6) is -2.54. The molecular formula is C3H7O7P. The minimum absolute atomic E-state index is 0.837. The van der Waals surface area contributed by atoms with Crippen molar-refractivity contribution in [1.29, 1.82) is 0 Å². The molecule has 1 saturated heterocycles. The first-order chi connectivity index (χ1) is 4.90. The summed E-state index contributed by atoms with van der Waals surface area (Å²) in [6, 6.07) is 0. The molecule has 0 aromatic carbocycles. The third-order valence-corrected chi connectivity index (χ3v) is 2.07. The lowest BCUT2D eigenvalue weighted by molar-refractivity contribution is -0.385. The highest BCUT2D eigenvalue weighted by Gasteiger charge is 2.59. The van der Waals surface area contributed by atoms with Crippen LogP contribution in [0.1, 0.15) is 0 Å². The molecule has 1 aliphatic rings. The Balaban J connectivity index is 2.55. The molecule has 1 heterocycles. The molecule has 11 heavy (non-hydrogen) atoms. The molecule has 1 atom stereocenters. The standard InChI is InChI=1S/C3H7O7P/c4-1-2(5)3(6)9-11(7,8)10-3/h2,4-6H,1H2,(H,7,8). The van der Waals surface area contributed by atoms with Crippen molar-refractivity contribution in [1.82, 2.24) is 0 Å². The molecule has 7 nitrogen and oxygen atoms in total. The van der Waals surface area contributed by atoms with Crippen LogP contribution >= 0.6 is 7.82 Å². The van der Waals surface area contributed by atoms with Crippen molar-refractivity contribution in [3.63, 3.8) is 0 Å². The van der Waals surface area contributed by atoms with Gasteiger partial charge in [0.15, 0.2) is 6.10 Å². The number of phosphoric ester groups is 1. The second-order valence-electron chi connectivity index (χ2n) is 1.98. The van der Waals surface area contributed by atoms with Gasteiger partial charge < -0.3 is 20.2 Å². The van der Waals surface area contributed by atoms with Crippen LogP contribution in [-0.2, 0) is 13.6 Å². The predicted octanol–water partition coefficient (Wildman–Crippen LogP) is -1.87. The van der Waals surface area contributed by atoms with Gasteiger partial charge in [0.1, 0.15) is 0 Å². The molecule has 0 radical (unpaired) electrons. The van der Waals surface area contributed by atoms with Crippen LogP contribution in [-0.4, -0.2) is 38.9 Å². The first kappa shape index (κ1) is 9.08. The summed E-state index contributed by atoms with van der Waals surface area (Å²) in [7, 11) is -4.18. The van der Waals surface area contributed by atoms with E-state index in [0.717, 1.165) is 0 Å². The second-order valence-corrected chi connectivity index (χ2v) is 3.28. The van der Waals surface area contributed by atoms with Crippen molar-refractivity contribution in [2.75, 3.05) is 6.61 Å². The van der Waals surface area contributed by atoms with Crippen LogP contribution in [0.2, 0.25) is 0 Å². The van der Waals surface area contributed by atoms with Gasteiger partial charge in [-0.05, 0) is 0 Å². The first-order valence-electron chi connectivity index (χ1n) is 2.65. The van der Waals surface area contributed by atoms with Gasteiger partial charge in [-0.2, -0.15) is 0 Å². The normalized spacial score (nSPS) is 46.5. The van der Waals surface area contributed by atoms with E-state index in [9.17, 15) is 4.57 Å². The zero-order chi connectivity index (χ0) is 8.70. The molecule has 0 aromatic rings. The largest absolute Gasteiger partial charge is 0.481 e. The van der Waals surface area contributed by atoms with Gasteiger partial charge in [0.25, 0.3) is 0 Å². The van der Waals surface area contributed by atoms with Crippen molar-refractivity contribution in [3.8, 4) is 0 Å². The molecule has 0 aliphatic carbocycles. The SMILES string of the molecule is O=P1(O)OC(O)(C(O)CO)O1. The molecule has 66 valence electrons. The Morgan fingerprint density at radius 1 is 1.55 bits per heavy atom. The van der Waals surface area contributed by atoms with E-state index in [1.165, 1.54) is 0 Å². The Morgan fingerprint density at radius 3 is 2.27 bits per heavy atom. The van der Waals surface area contributed by atoms with Gasteiger partial charge in [0.05, 0.1) is 6.61 Å². The van der Waals surface area contributed by atoms with Crippen LogP contribution in [0, 0.1) is 0 Å². The van der Waals surface area contributed by atoms with E-state index in [-0.39, 0.29) is 0 Å². The average molecular weight is 186 g/mol. The predicted molar refractivity (Wildman–Crippen MR) is 30.0 cm³/mol. The Hall–Kier alpha value is -0.0100. The molecule has 0 spiro atoms. The molecule has 1 rings (SSSR count). The van der Waals surface area contributed by atoms with E-state index in [2.05, 4.69) is 9.05 Å². The average Bonchev–Trinajstić information content (AvgIpc) is 1.81. The fraction of sp³-hybridized carbons (Fsp3) is 1.00. The zero-order valence-corrected chi connectivity index (χ0v) is 6.14. The van der Waals surface area contributed by atoms with E-state index in [1.807, 2.05) is 0 Å². The summed E-state index contributed by atoms with van der Waals surface area (Å²) >= 11 is 0. The van der Waals surface area contributed by atoms with Crippen molar-refractivity contribution in [2.45, 2.75) is 12.1 Å². The Kier molecular flexibility index (Phi) is 2.06. The van der Waals surface area contributed by atoms with Gasteiger partial charge in [0, 0.05) is 0 Å². The third-order valence-electron chi connectivity index (χ3n) is 1.09. The molecule has 4 N–H and O–H groups in total. The molecule has 1 aliphatic heterocycles. The number of phosphoric acid groups is 1. The van der Waals surface area contributed by atoms with Crippen LogP contribution in [0.25, 0.3) is 0 Å². The van der Waals surface area contributed by atoms with E-state index in [0.29, 0.717) is 0 Å². The quantitative estimate of drug-likeness (QED) is 0.373. The summed E-state index contributed by atoms with van der Waals surface area (Å²) in [5.41, 5.74) is 0. The van der Waals surface area contributed by atoms with Crippen LogP contribution in [0.15, 0.2) is 0 Å². The molecule has 0 amide bonds. The minimum atomic E-state index is -4.18. The van der Waals surface area contributed by atoms with Crippen molar-refractivity contribution >= 4 is 7.82 Å². The molecule has 8 heteroatoms. The first-order valence-corrected chi connectivity index (χ1v) is 4.15. The fourth-order valence-electron chi connectivity index (χ4n) is 0.574. The number of rotatable bonds is 2. The highest BCUT2D eigenvalue weighted by Crippen LogP contribution is 2.60. The molecular weight excluding hydrogens is 179 g/mol. The van der Waals surface area contributed by atoms with E-state index < -0.39 is 26.5 Å². The summed E-state index contributed by atoms with van der Waals surface area (Å²) in [5, 5.41) is 25.8. The molecule has 0 aromatic heterocycles. The van der Waals surface area contributed by atoms with Gasteiger partial charge in [0.2, 0.25) is 0 Å². The highest BCUT2D eigenvalue weighted by atomic mass is 31.2. The van der Waals surface area contributed by atoms with E-state index >= 15 is 0 Å². The van der Waals surface area contributed by atoms with Gasteiger partial charge >= 0.3 is 13.8 Å². The number of aliphatic hydroxyl groups excluding tert-OH is 2. The fourth-order valence-corrected chi connectivity index (χ4v) is 1.49. The number of hydrogen-bond acceptors (Lipinski definition) is 6. The topological polar surface area (TPSA) is 116 Å². The number of hydrogen-bond donors (Lipinski definition) is 4. The lowest BCUT2D eigenvalue weighted by atomic mass is 10.3.